The Morgan fingerprint density at radius 1 is 1.00 bits per heavy atom. The van der Waals surface area contributed by atoms with Gasteiger partial charge in [-0.25, -0.2) is 4.98 Å². The van der Waals surface area contributed by atoms with Gasteiger partial charge in [0.2, 0.25) is 11.0 Å². The van der Waals surface area contributed by atoms with Crippen LogP contribution in [-0.4, -0.2) is 19.1 Å². The standard InChI is InChI=1S/C15H16N4/c1-18(2)11-5-7-13-15(9-11)19(3)14-8-10(16)4-6-12(14)17-13/h4-9,16H,1-3H3/p+1. The maximum Gasteiger partial charge on any atom is 0.233 e. The van der Waals surface area contributed by atoms with E-state index in [-0.39, 0.29) is 0 Å². The van der Waals surface area contributed by atoms with Crippen molar-refractivity contribution in [2.75, 3.05) is 24.7 Å². The number of benzene rings is 2. The van der Waals surface area contributed by atoms with E-state index in [0.29, 0.717) is 0 Å². The fourth-order valence-electron chi connectivity index (χ4n) is 2.32. The lowest BCUT2D eigenvalue weighted by Gasteiger charge is -2.12. The number of hydrogen-bond donors (Lipinski definition) is 1. The second-order valence-electron chi connectivity index (χ2n) is 4.99. The first-order valence-corrected chi connectivity index (χ1v) is 6.22. The largest absolute Gasteiger partial charge is 0.399 e. The van der Waals surface area contributed by atoms with E-state index in [4.69, 9.17) is 5.73 Å². The Morgan fingerprint density at radius 2 is 1.63 bits per heavy atom. The van der Waals surface area contributed by atoms with Gasteiger partial charge in [-0.15, -0.1) is 0 Å². The third-order valence-electron chi connectivity index (χ3n) is 3.44. The van der Waals surface area contributed by atoms with Crippen molar-refractivity contribution in [3.8, 4) is 0 Å². The smallest absolute Gasteiger partial charge is 0.233 e. The number of rotatable bonds is 1. The molecule has 2 N–H and O–H groups in total. The molecule has 0 saturated heterocycles. The van der Waals surface area contributed by atoms with Gasteiger partial charge in [0.05, 0.1) is 0 Å². The maximum atomic E-state index is 5.87. The highest BCUT2D eigenvalue weighted by Crippen LogP contribution is 2.20. The quantitative estimate of drug-likeness (QED) is 0.409. The van der Waals surface area contributed by atoms with Crippen LogP contribution >= 0.6 is 0 Å². The predicted molar refractivity (Wildman–Crippen MR) is 79.2 cm³/mol. The lowest BCUT2D eigenvalue weighted by Crippen LogP contribution is -2.31. The highest BCUT2D eigenvalue weighted by molar-refractivity contribution is 5.84. The average Bonchev–Trinajstić information content (AvgIpc) is 2.39. The summed E-state index contributed by atoms with van der Waals surface area (Å²) >= 11 is 0. The van der Waals surface area contributed by atoms with Gasteiger partial charge in [-0.05, 0) is 24.3 Å². The van der Waals surface area contributed by atoms with Crippen LogP contribution in [0.1, 0.15) is 0 Å². The molecule has 1 heterocycles. The lowest BCUT2D eigenvalue weighted by atomic mass is 10.2. The molecule has 2 aromatic carbocycles. The van der Waals surface area contributed by atoms with Crippen molar-refractivity contribution in [3.63, 3.8) is 0 Å². The van der Waals surface area contributed by atoms with Crippen molar-refractivity contribution < 1.29 is 4.57 Å². The zero-order chi connectivity index (χ0) is 13.6. The first kappa shape index (κ1) is 11.7. The summed E-state index contributed by atoms with van der Waals surface area (Å²) < 4.78 is 2.14. The van der Waals surface area contributed by atoms with Crippen LogP contribution in [0.25, 0.3) is 22.1 Å². The number of hydrogen-bond acceptors (Lipinski definition) is 3. The Morgan fingerprint density at radius 3 is 2.32 bits per heavy atom. The third-order valence-corrected chi connectivity index (χ3v) is 3.44. The third kappa shape index (κ3) is 1.85. The molecule has 0 atom stereocenters. The van der Waals surface area contributed by atoms with Crippen LogP contribution in [0.2, 0.25) is 0 Å². The summed E-state index contributed by atoms with van der Waals surface area (Å²) in [6.45, 7) is 0. The molecule has 0 amide bonds. The molecule has 0 aliphatic rings. The molecule has 0 radical (unpaired) electrons. The van der Waals surface area contributed by atoms with E-state index in [1.807, 2.05) is 39.3 Å². The Kier molecular flexibility index (Phi) is 2.52. The summed E-state index contributed by atoms with van der Waals surface area (Å²) in [5, 5.41) is 0. The molecule has 19 heavy (non-hydrogen) atoms. The summed E-state index contributed by atoms with van der Waals surface area (Å²) in [7, 11) is 6.12. The van der Waals surface area contributed by atoms with Gasteiger partial charge in [0.25, 0.3) is 0 Å². The van der Waals surface area contributed by atoms with E-state index in [1.165, 1.54) is 0 Å². The van der Waals surface area contributed by atoms with Gasteiger partial charge in [0.1, 0.15) is 18.1 Å². The molecule has 0 aliphatic carbocycles. The number of anilines is 2. The molecule has 0 unspecified atom stereocenters. The van der Waals surface area contributed by atoms with Crippen LogP contribution in [0.4, 0.5) is 11.4 Å². The van der Waals surface area contributed by atoms with E-state index < -0.39 is 0 Å². The summed E-state index contributed by atoms with van der Waals surface area (Å²) in [5.41, 5.74) is 11.9. The first-order valence-electron chi connectivity index (χ1n) is 6.22. The second kappa shape index (κ2) is 4.09. The number of nitrogens with zero attached hydrogens (tertiary/aromatic N) is 3. The van der Waals surface area contributed by atoms with Crippen LogP contribution < -0.4 is 15.2 Å². The molecular weight excluding hydrogens is 236 g/mol. The van der Waals surface area contributed by atoms with Gasteiger partial charge in [-0.1, -0.05) is 0 Å². The van der Waals surface area contributed by atoms with Gasteiger partial charge in [0.15, 0.2) is 0 Å². The van der Waals surface area contributed by atoms with Crippen molar-refractivity contribution >= 4 is 33.4 Å². The molecule has 0 fully saturated rings. The molecule has 3 aromatic rings. The minimum absolute atomic E-state index is 0.757. The van der Waals surface area contributed by atoms with Crippen molar-refractivity contribution in [2.45, 2.75) is 0 Å². The number of aryl methyl sites for hydroxylation is 1. The monoisotopic (exact) mass is 253 g/mol. The first-order chi connectivity index (χ1) is 9.06. The van der Waals surface area contributed by atoms with Crippen LogP contribution in [0.5, 0.6) is 0 Å². The molecule has 1 aromatic heterocycles. The van der Waals surface area contributed by atoms with Crippen molar-refractivity contribution in [1.29, 1.82) is 0 Å². The predicted octanol–water partition coefficient (Wildman–Crippen LogP) is 1.86. The van der Waals surface area contributed by atoms with Gasteiger partial charge >= 0.3 is 0 Å². The molecule has 4 heteroatoms. The summed E-state index contributed by atoms with van der Waals surface area (Å²) in [4.78, 5) is 6.77. The number of nitrogens with two attached hydrogens (primary N) is 1. The number of nitrogen functional groups attached to an aromatic ring is 1. The Balaban J connectivity index is 2.41. The maximum absolute atomic E-state index is 5.87. The summed E-state index contributed by atoms with van der Waals surface area (Å²) in [6, 6.07) is 12.1. The Labute approximate surface area is 112 Å². The van der Waals surface area contributed by atoms with E-state index in [2.05, 4.69) is 32.7 Å². The second-order valence-corrected chi connectivity index (χ2v) is 4.99. The van der Waals surface area contributed by atoms with E-state index >= 15 is 0 Å². The van der Waals surface area contributed by atoms with Crippen LogP contribution in [0, 0.1) is 0 Å². The summed E-state index contributed by atoms with van der Waals surface area (Å²) in [6.07, 6.45) is 0. The molecule has 0 saturated carbocycles. The Bertz CT molecular complexity index is 778. The van der Waals surface area contributed by atoms with Crippen LogP contribution in [-0.2, 0) is 7.05 Å². The molecule has 4 nitrogen and oxygen atoms in total. The fraction of sp³-hybridized carbons (Fsp3) is 0.200. The lowest BCUT2D eigenvalue weighted by molar-refractivity contribution is -0.617. The van der Waals surface area contributed by atoms with Crippen LogP contribution in [0.15, 0.2) is 36.4 Å². The fourth-order valence-corrected chi connectivity index (χ4v) is 2.32. The minimum atomic E-state index is 0.757. The molecule has 0 aliphatic heterocycles. The normalized spacial score (nSPS) is 11.1. The zero-order valence-corrected chi connectivity index (χ0v) is 11.4. The molecule has 0 spiro atoms. The van der Waals surface area contributed by atoms with Gasteiger partial charge in [0, 0.05) is 37.6 Å². The van der Waals surface area contributed by atoms with Gasteiger partial charge in [-0.2, -0.15) is 4.57 Å². The highest BCUT2D eigenvalue weighted by atomic mass is 15.1. The Hall–Kier alpha value is -2.36. The van der Waals surface area contributed by atoms with Crippen molar-refractivity contribution in [1.82, 2.24) is 4.98 Å². The van der Waals surface area contributed by atoms with Crippen molar-refractivity contribution in [2.24, 2.45) is 7.05 Å². The SMILES string of the molecule is CN(C)c1ccc2nc3ccc(N)cc3[n+](C)c2c1. The zero-order valence-electron chi connectivity index (χ0n) is 11.4. The molecule has 3 rings (SSSR count). The van der Waals surface area contributed by atoms with Crippen molar-refractivity contribution in [3.05, 3.63) is 36.4 Å². The van der Waals surface area contributed by atoms with Gasteiger partial charge in [-0.3, -0.25) is 0 Å². The van der Waals surface area contributed by atoms with E-state index in [0.717, 1.165) is 33.4 Å². The van der Waals surface area contributed by atoms with E-state index in [1.54, 1.807) is 0 Å². The molecular formula is C15H17N4+. The molecule has 0 bridgehead atoms. The molecule has 96 valence electrons. The highest BCUT2D eigenvalue weighted by Gasteiger charge is 2.14. The van der Waals surface area contributed by atoms with E-state index in [9.17, 15) is 0 Å². The minimum Gasteiger partial charge on any atom is -0.399 e. The number of aromatic nitrogens is 2. The van der Waals surface area contributed by atoms with Crippen LogP contribution in [0.3, 0.4) is 0 Å². The number of fused-ring (bicyclic) bond motifs is 2. The average molecular weight is 253 g/mol. The topological polar surface area (TPSA) is 46.0 Å². The van der Waals surface area contributed by atoms with Gasteiger partial charge < -0.3 is 10.6 Å². The summed E-state index contributed by atoms with van der Waals surface area (Å²) in [5.74, 6) is 0.